The summed E-state index contributed by atoms with van der Waals surface area (Å²) < 4.78 is 5.28. The molecule has 1 N–H and O–H groups in total. The molecule has 1 rings (SSSR count). The van der Waals surface area contributed by atoms with Crippen LogP contribution in [0, 0.1) is 5.92 Å². The molecule has 6 heteroatoms. The molecule has 1 saturated heterocycles. The highest BCUT2D eigenvalue weighted by molar-refractivity contribution is 5.69. The van der Waals surface area contributed by atoms with Crippen molar-refractivity contribution >= 4 is 12.1 Å². The standard InChI is InChI=1S/C13H24N2O4/c1-13(2,3)19-12(18)14(4)7-10-5-6-15(8-10)9-11(16)17/h10H,5-9H2,1-4H3,(H,16,17). The number of carbonyl (C=O) groups excluding carboxylic acids is 1. The maximum Gasteiger partial charge on any atom is 0.410 e. The molecule has 6 nitrogen and oxygen atoms in total. The minimum atomic E-state index is -0.804. The van der Waals surface area contributed by atoms with E-state index in [1.165, 1.54) is 0 Å². The van der Waals surface area contributed by atoms with Gasteiger partial charge < -0.3 is 14.7 Å². The Morgan fingerprint density at radius 2 is 2.05 bits per heavy atom. The van der Waals surface area contributed by atoms with Gasteiger partial charge in [-0.05, 0) is 39.7 Å². The number of aliphatic carboxylic acids is 1. The van der Waals surface area contributed by atoms with Crippen LogP contribution in [0.2, 0.25) is 0 Å². The Morgan fingerprint density at radius 3 is 2.58 bits per heavy atom. The largest absolute Gasteiger partial charge is 0.480 e. The summed E-state index contributed by atoms with van der Waals surface area (Å²) in [5.74, 6) is -0.488. The SMILES string of the molecule is CN(CC1CCN(CC(=O)O)C1)C(=O)OC(C)(C)C. The summed E-state index contributed by atoms with van der Waals surface area (Å²) in [7, 11) is 1.72. The molecule has 0 saturated carbocycles. The highest BCUT2D eigenvalue weighted by Crippen LogP contribution is 2.18. The Morgan fingerprint density at radius 1 is 1.42 bits per heavy atom. The number of amides is 1. The number of ether oxygens (including phenoxy) is 1. The summed E-state index contributed by atoms with van der Waals surface area (Å²) in [6.07, 6.45) is 0.588. The maximum absolute atomic E-state index is 11.8. The smallest absolute Gasteiger partial charge is 0.410 e. The lowest BCUT2D eigenvalue weighted by atomic mass is 10.1. The van der Waals surface area contributed by atoms with E-state index in [1.807, 2.05) is 25.7 Å². The molecule has 110 valence electrons. The topological polar surface area (TPSA) is 70.1 Å². The van der Waals surface area contributed by atoms with Crippen LogP contribution < -0.4 is 0 Å². The number of rotatable bonds is 4. The van der Waals surface area contributed by atoms with Crippen molar-refractivity contribution < 1.29 is 19.4 Å². The second-order valence-electron chi connectivity index (χ2n) is 6.14. The van der Waals surface area contributed by atoms with E-state index in [9.17, 15) is 9.59 Å². The molecule has 0 aromatic carbocycles. The van der Waals surface area contributed by atoms with Gasteiger partial charge in [0, 0.05) is 20.1 Å². The van der Waals surface area contributed by atoms with Crippen molar-refractivity contribution in [1.82, 2.24) is 9.80 Å². The van der Waals surface area contributed by atoms with Gasteiger partial charge in [-0.25, -0.2) is 4.79 Å². The molecule has 1 atom stereocenters. The first kappa shape index (κ1) is 15.8. The lowest BCUT2D eigenvalue weighted by molar-refractivity contribution is -0.138. The van der Waals surface area contributed by atoms with E-state index in [2.05, 4.69) is 0 Å². The zero-order valence-electron chi connectivity index (χ0n) is 12.2. The Bertz CT molecular complexity index is 338. The molecule has 0 aromatic rings. The number of hydrogen-bond acceptors (Lipinski definition) is 4. The molecule has 19 heavy (non-hydrogen) atoms. The first-order chi connectivity index (χ1) is 8.67. The van der Waals surface area contributed by atoms with Crippen LogP contribution in [-0.2, 0) is 9.53 Å². The third-order valence-corrected chi connectivity index (χ3v) is 2.97. The van der Waals surface area contributed by atoms with Gasteiger partial charge >= 0.3 is 12.1 Å². The Labute approximate surface area is 114 Å². The number of nitrogens with zero attached hydrogens (tertiary/aromatic N) is 2. The fourth-order valence-corrected chi connectivity index (χ4v) is 2.20. The molecule has 0 aromatic heterocycles. The van der Waals surface area contributed by atoms with Crippen LogP contribution in [0.5, 0.6) is 0 Å². The zero-order valence-corrected chi connectivity index (χ0v) is 12.2. The summed E-state index contributed by atoms with van der Waals surface area (Å²) in [6.45, 7) is 7.69. The van der Waals surface area contributed by atoms with E-state index < -0.39 is 11.6 Å². The zero-order chi connectivity index (χ0) is 14.6. The van der Waals surface area contributed by atoms with Crippen LogP contribution in [0.25, 0.3) is 0 Å². The van der Waals surface area contributed by atoms with Gasteiger partial charge in [-0.1, -0.05) is 0 Å². The van der Waals surface area contributed by atoms with E-state index >= 15 is 0 Å². The summed E-state index contributed by atoms with van der Waals surface area (Å²) in [5, 5.41) is 8.73. The molecule has 1 aliphatic heterocycles. The van der Waals surface area contributed by atoms with Crippen LogP contribution >= 0.6 is 0 Å². The van der Waals surface area contributed by atoms with Gasteiger partial charge in [0.05, 0.1) is 6.54 Å². The van der Waals surface area contributed by atoms with E-state index in [4.69, 9.17) is 9.84 Å². The van der Waals surface area contributed by atoms with Gasteiger partial charge in [0.15, 0.2) is 0 Å². The molecule has 0 aliphatic carbocycles. The van der Waals surface area contributed by atoms with Gasteiger partial charge in [0.25, 0.3) is 0 Å². The Kier molecular flexibility index (Phi) is 5.17. The van der Waals surface area contributed by atoms with Gasteiger partial charge in [-0.2, -0.15) is 0 Å². The molecule has 1 unspecified atom stereocenters. The number of carbonyl (C=O) groups is 2. The fraction of sp³-hybridized carbons (Fsp3) is 0.846. The van der Waals surface area contributed by atoms with Gasteiger partial charge in [-0.3, -0.25) is 9.69 Å². The quantitative estimate of drug-likeness (QED) is 0.834. The van der Waals surface area contributed by atoms with E-state index in [1.54, 1.807) is 11.9 Å². The van der Waals surface area contributed by atoms with Crippen LogP contribution in [-0.4, -0.2) is 65.8 Å². The first-order valence-electron chi connectivity index (χ1n) is 6.55. The molecule has 1 amide bonds. The second kappa shape index (κ2) is 6.23. The molecule has 1 aliphatic rings. The summed E-state index contributed by atoms with van der Waals surface area (Å²) in [6, 6.07) is 0. The first-order valence-corrected chi connectivity index (χ1v) is 6.55. The summed E-state index contributed by atoms with van der Waals surface area (Å²) >= 11 is 0. The van der Waals surface area contributed by atoms with Crippen LogP contribution in [0.1, 0.15) is 27.2 Å². The predicted octanol–water partition coefficient (Wildman–Crippen LogP) is 1.26. The number of hydrogen-bond donors (Lipinski definition) is 1. The van der Waals surface area contributed by atoms with E-state index in [0.717, 1.165) is 19.5 Å². The van der Waals surface area contributed by atoms with Crippen LogP contribution in [0.4, 0.5) is 4.79 Å². The second-order valence-corrected chi connectivity index (χ2v) is 6.14. The highest BCUT2D eigenvalue weighted by atomic mass is 16.6. The van der Waals surface area contributed by atoms with E-state index in [-0.39, 0.29) is 12.6 Å². The number of carboxylic acid groups (broad SMARTS) is 1. The van der Waals surface area contributed by atoms with Crippen molar-refractivity contribution in [2.75, 3.05) is 33.2 Å². The molecule has 0 spiro atoms. The molecule has 1 heterocycles. The number of likely N-dealkylation sites (tertiary alicyclic amines) is 1. The minimum absolute atomic E-state index is 0.0760. The minimum Gasteiger partial charge on any atom is -0.480 e. The van der Waals surface area contributed by atoms with Crippen molar-refractivity contribution in [3.63, 3.8) is 0 Å². The number of carboxylic acids is 1. The van der Waals surface area contributed by atoms with Gasteiger partial charge in [0.2, 0.25) is 0 Å². The van der Waals surface area contributed by atoms with Crippen molar-refractivity contribution in [2.45, 2.75) is 32.8 Å². The van der Waals surface area contributed by atoms with Crippen LogP contribution in [0.15, 0.2) is 0 Å². The third kappa shape index (κ3) is 5.92. The monoisotopic (exact) mass is 272 g/mol. The van der Waals surface area contributed by atoms with Gasteiger partial charge in [0.1, 0.15) is 5.60 Å². The lowest BCUT2D eigenvalue weighted by Gasteiger charge is -2.26. The molecular formula is C13H24N2O4. The average molecular weight is 272 g/mol. The third-order valence-electron chi connectivity index (χ3n) is 2.97. The van der Waals surface area contributed by atoms with Crippen LogP contribution in [0.3, 0.4) is 0 Å². The lowest BCUT2D eigenvalue weighted by Crippen LogP contribution is -2.37. The average Bonchev–Trinajstić information content (AvgIpc) is 2.61. The van der Waals surface area contributed by atoms with Crippen molar-refractivity contribution in [3.8, 4) is 0 Å². The highest BCUT2D eigenvalue weighted by Gasteiger charge is 2.27. The van der Waals surface area contributed by atoms with Crippen molar-refractivity contribution in [2.24, 2.45) is 5.92 Å². The molecule has 0 radical (unpaired) electrons. The predicted molar refractivity (Wildman–Crippen MR) is 71.0 cm³/mol. The van der Waals surface area contributed by atoms with Crippen molar-refractivity contribution in [1.29, 1.82) is 0 Å². The molecule has 0 bridgehead atoms. The van der Waals surface area contributed by atoms with E-state index in [0.29, 0.717) is 12.5 Å². The van der Waals surface area contributed by atoms with Gasteiger partial charge in [-0.15, -0.1) is 0 Å². The summed E-state index contributed by atoms with van der Waals surface area (Å²) in [5.41, 5.74) is -0.490. The van der Waals surface area contributed by atoms with Crippen molar-refractivity contribution in [3.05, 3.63) is 0 Å². The Balaban J connectivity index is 2.36. The maximum atomic E-state index is 11.8. The Hall–Kier alpha value is -1.30. The molecular weight excluding hydrogens is 248 g/mol. The molecule has 1 fully saturated rings. The summed E-state index contributed by atoms with van der Waals surface area (Å²) in [4.78, 5) is 25.9. The fourth-order valence-electron chi connectivity index (χ4n) is 2.20. The normalized spacial score (nSPS) is 20.3.